The van der Waals surface area contributed by atoms with Gasteiger partial charge in [-0.1, -0.05) is 11.6 Å². The van der Waals surface area contributed by atoms with E-state index in [2.05, 4.69) is 9.97 Å². The number of aryl methyl sites for hydroxylation is 1. The summed E-state index contributed by atoms with van der Waals surface area (Å²) in [5.74, 6) is 0.226. The summed E-state index contributed by atoms with van der Waals surface area (Å²) in [5, 5.41) is 9.74. The summed E-state index contributed by atoms with van der Waals surface area (Å²) >= 11 is 5.67. The molecule has 3 nitrogen and oxygen atoms in total. The SMILES string of the molecule is Cc1cc2nc(Cl)cnc2cc1O. The molecule has 0 saturated heterocycles. The molecule has 0 aliphatic carbocycles. The van der Waals surface area contributed by atoms with Crippen LogP contribution in [0.3, 0.4) is 0 Å². The third-order valence-electron chi connectivity index (χ3n) is 1.83. The normalized spacial score (nSPS) is 10.6. The third kappa shape index (κ3) is 1.42. The standard InChI is InChI=1S/C9H7ClN2O/c1-5-2-7-6(3-8(5)13)11-4-9(10)12-7/h2-4,13H,1H3. The zero-order chi connectivity index (χ0) is 9.42. The van der Waals surface area contributed by atoms with Crippen LogP contribution < -0.4 is 0 Å². The molecule has 1 aromatic heterocycles. The Morgan fingerprint density at radius 1 is 1.31 bits per heavy atom. The van der Waals surface area contributed by atoms with Crippen molar-refractivity contribution in [2.24, 2.45) is 0 Å². The Hall–Kier alpha value is -1.35. The second-order valence-electron chi connectivity index (χ2n) is 2.82. The third-order valence-corrected chi connectivity index (χ3v) is 2.01. The summed E-state index contributed by atoms with van der Waals surface area (Å²) < 4.78 is 0. The fraction of sp³-hybridized carbons (Fsp3) is 0.111. The van der Waals surface area contributed by atoms with Crippen LogP contribution in [0.5, 0.6) is 5.75 Å². The monoisotopic (exact) mass is 194 g/mol. The van der Waals surface area contributed by atoms with E-state index < -0.39 is 0 Å². The molecule has 0 radical (unpaired) electrons. The summed E-state index contributed by atoms with van der Waals surface area (Å²) in [6.45, 7) is 1.80. The number of hydrogen-bond acceptors (Lipinski definition) is 3. The topological polar surface area (TPSA) is 46.0 Å². The molecule has 0 amide bonds. The molecule has 4 heteroatoms. The lowest BCUT2D eigenvalue weighted by atomic mass is 10.2. The van der Waals surface area contributed by atoms with E-state index in [1.807, 2.05) is 0 Å². The number of aromatic nitrogens is 2. The summed E-state index contributed by atoms with van der Waals surface area (Å²) in [7, 11) is 0. The van der Waals surface area contributed by atoms with Crippen molar-refractivity contribution in [3.8, 4) is 5.75 Å². The van der Waals surface area contributed by atoms with Gasteiger partial charge in [-0.15, -0.1) is 0 Å². The number of hydrogen-bond donors (Lipinski definition) is 1. The molecule has 0 unspecified atom stereocenters. The molecule has 0 aliphatic rings. The molecule has 13 heavy (non-hydrogen) atoms. The van der Waals surface area contributed by atoms with Crippen molar-refractivity contribution in [3.05, 3.63) is 29.0 Å². The Kier molecular flexibility index (Phi) is 1.81. The van der Waals surface area contributed by atoms with Gasteiger partial charge in [0.1, 0.15) is 10.9 Å². The maximum absolute atomic E-state index is 9.39. The second kappa shape index (κ2) is 2.85. The fourth-order valence-electron chi connectivity index (χ4n) is 1.13. The van der Waals surface area contributed by atoms with Crippen molar-refractivity contribution in [2.75, 3.05) is 0 Å². The first kappa shape index (κ1) is 8.26. The molecule has 0 atom stereocenters. The molecule has 2 aromatic rings. The smallest absolute Gasteiger partial charge is 0.148 e. The highest BCUT2D eigenvalue weighted by Gasteiger charge is 2.02. The van der Waals surface area contributed by atoms with Crippen molar-refractivity contribution in [3.63, 3.8) is 0 Å². The highest BCUT2D eigenvalue weighted by Crippen LogP contribution is 2.22. The summed E-state index contributed by atoms with van der Waals surface area (Å²) in [6, 6.07) is 3.33. The molecular weight excluding hydrogens is 188 g/mol. The van der Waals surface area contributed by atoms with Gasteiger partial charge in [0.15, 0.2) is 0 Å². The lowest BCUT2D eigenvalue weighted by molar-refractivity contribution is 0.472. The molecule has 1 aromatic carbocycles. The van der Waals surface area contributed by atoms with Crippen LogP contribution in [0.2, 0.25) is 5.15 Å². The molecule has 0 bridgehead atoms. The Bertz CT molecular complexity index is 470. The number of aromatic hydroxyl groups is 1. The number of fused-ring (bicyclic) bond motifs is 1. The number of rotatable bonds is 0. The average molecular weight is 195 g/mol. The minimum atomic E-state index is 0.226. The van der Waals surface area contributed by atoms with Crippen LogP contribution in [0.4, 0.5) is 0 Å². The van der Waals surface area contributed by atoms with Gasteiger partial charge < -0.3 is 5.11 Å². The van der Waals surface area contributed by atoms with E-state index in [4.69, 9.17) is 11.6 Å². The van der Waals surface area contributed by atoms with Gasteiger partial charge in [0, 0.05) is 6.07 Å². The molecule has 0 fully saturated rings. The average Bonchev–Trinajstić information content (AvgIpc) is 2.08. The largest absolute Gasteiger partial charge is 0.508 e. The number of phenols is 1. The van der Waals surface area contributed by atoms with Crippen molar-refractivity contribution in [1.29, 1.82) is 0 Å². The van der Waals surface area contributed by atoms with Gasteiger partial charge in [-0.25, -0.2) is 4.98 Å². The van der Waals surface area contributed by atoms with Gasteiger partial charge in [-0.3, -0.25) is 4.98 Å². The minimum Gasteiger partial charge on any atom is -0.508 e. The first-order valence-corrected chi connectivity index (χ1v) is 4.16. The van der Waals surface area contributed by atoms with Crippen LogP contribution in [-0.2, 0) is 0 Å². The van der Waals surface area contributed by atoms with E-state index in [1.165, 1.54) is 6.20 Å². The molecule has 1 N–H and O–H groups in total. The number of phenolic OH excluding ortho intramolecular Hbond substituents is 1. The summed E-state index contributed by atoms with van der Waals surface area (Å²) in [6.07, 6.45) is 1.46. The first-order chi connectivity index (χ1) is 6.16. The number of nitrogens with zero attached hydrogens (tertiary/aromatic N) is 2. The number of halogens is 1. The van der Waals surface area contributed by atoms with E-state index in [9.17, 15) is 5.11 Å². The van der Waals surface area contributed by atoms with E-state index in [1.54, 1.807) is 19.1 Å². The van der Waals surface area contributed by atoms with E-state index in [0.29, 0.717) is 16.2 Å². The maximum atomic E-state index is 9.39. The number of benzene rings is 1. The highest BCUT2D eigenvalue weighted by molar-refractivity contribution is 6.29. The quantitative estimate of drug-likeness (QED) is 0.700. The van der Waals surface area contributed by atoms with Crippen molar-refractivity contribution >= 4 is 22.6 Å². The molecule has 0 aliphatic heterocycles. The second-order valence-corrected chi connectivity index (χ2v) is 3.21. The predicted molar refractivity (Wildman–Crippen MR) is 50.9 cm³/mol. The van der Waals surface area contributed by atoms with E-state index >= 15 is 0 Å². The molecular formula is C9H7ClN2O. The Morgan fingerprint density at radius 3 is 2.85 bits per heavy atom. The molecule has 0 saturated carbocycles. The first-order valence-electron chi connectivity index (χ1n) is 3.78. The molecule has 0 spiro atoms. The molecule has 1 heterocycles. The van der Waals surface area contributed by atoms with Crippen LogP contribution in [0.15, 0.2) is 18.3 Å². The van der Waals surface area contributed by atoms with Crippen LogP contribution in [0.25, 0.3) is 11.0 Å². The maximum Gasteiger partial charge on any atom is 0.148 e. The summed E-state index contributed by atoms with van der Waals surface area (Å²) in [4.78, 5) is 8.10. The summed E-state index contributed by atoms with van der Waals surface area (Å²) in [5.41, 5.74) is 2.11. The van der Waals surface area contributed by atoms with Gasteiger partial charge in [0.2, 0.25) is 0 Å². The molecule has 66 valence electrons. The highest BCUT2D eigenvalue weighted by atomic mass is 35.5. The van der Waals surface area contributed by atoms with E-state index in [0.717, 1.165) is 5.56 Å². The van der Waals surface area contributed by atoms with Gasteiger partial charge in [0.05, 0.1) is 17.2 Å². The van der Waals surface area contributed by atoms with Crippen LogP contribution in [-0.4, -0.2) is 15.1 Å². The van der Waals surface area contributed by atoms with Crippen molar-refractivity contribution < 1.29 is 5.11 Å². The minimum absolute atomic E-state index is 0.226. The van der Waals surface area contributed by atoms with Crippen LogP contribution in [0.1, 0.15) is 5.56 Å². The van der Waals surface area contributed by atoms with Crippen molar-refractivity contribution in [1.82, 2.24) is 9.97 Å². The zero-order valence-electron chi connectivity index (χ0n) is 6.95. The van der Waals surface area contributed by atoms with Gasteiger partial charge in [-0.05, 0) is 18.6 Å². The Balaban J connectivity index is 2.81. The van der Waals surface area contributed by atoms with Gasteiger partial charge in [0.25, 0.3) is 0 Å². The van der Waals surface area contributed by atoms with Gasteiger partial charge in [-0.2, -0.15) is 0 Å². The zero-order valence-corrected chi connectivity index (χ0v) is 7.71. The fourth-order valence-corrected chi connectivity index (χ4v) is 1.27. The Morgan fingerprint density at radius 2 is 2.08 bits per heavy atom. The van der Waals surface area contributed by atoms with E-state index in [-0.39, 0.29) is 5.75 Å². The van der Waals surface area contributed by atoms with Crippen molar-refractivity contribution in [2.45, 2.75) is 6.92 Å². The van der Waals surface area contributed by atoms with Crippen LogP contribution in [0, 0.1) is 6.92 Å². The Labute approximate surface area is 80.0 Å². The predicted octanol–water partition coefficient (Wildman–Crippen LogP) is 2.30. The molecule has 2 rings (SSSR count). The lowest BCUT2D eigenvalue weighted by Crippen LogP contribution is -1.85. The van der Waals surface area contributed by atoms with Gasteiger partial charge >= 0.3 is 0 Å². The van der Waals surface area contributed by atoms with Crippen LogP contribution >= 0.6 is 11.6 Å². The lowest BCUT2D eigenvalue weighted by Gasteiger charge is -2.00.